The summed E-state index contributed by atoms with van der Waals surface area (Å²) in [4.78, 5) is 11.6. The van der Waals surface area contributed by atoms with E-state index in [4.69, 9.17) is 0 Å². The highest BCUT2D eigenvalue weighted by atomic mass is 16.1. The molecular weight excluding hydrogens is 172 g/mol. The van der Waals surface area contributed by atoms with Crippen molar-refractivity contribution < 1.29 is 4.79 Å². The van der Waals surface area contributed by atoms with E-state index in [9.17, 15) is 4.79 Å². The molecule has 1 unspecified atom stereocenters. The van der Waals surface area contributed by atoms with Crippen molar-refractivity contribution in [3.8, 4) is 0 Å². The molecule has 0 heterocycles. The fourth-order valence-electron chi connectivity index (χ4n) is 1.62. The molecular formula is C13H20O. The quantitative estimate of drug-likeness (QED) is 0.535. The van der Waals surface area contributed by atoms with Crippen LogP contribution < -0.4 is 0 Å². The number of allylic oxidation sites excluding steroid dienone is 4. The Morgan fingerprint density at radius 1 is 1.07 bits per heavy atom. The van der Waals surface area contributed by atoms with Gasteiger partial charge in [0.2, 0.25) is 0 Å². The molecule has 0 aromatic rings. The van der Waals surface area contributed by atoms with Gasteiger partial charge in [0, 0.05) is 12.3 Å². The molecule has 1 atom stereocenters. The van der Waals surface area contributed by atoms with Crippen molar-refractivity contribution in [2.75, 3.05) is 0 Å². The largest absolute Gasteiger partial charge is 0.299 e. The van der Waals surface area contributed by atoms with Gasteiger partial charge >= 0.3 is 0 Å². The van der Waals surface area contributed by atoms with Crippen molar-refractivity contribution in [1.82, 2.24) is 0 Å². The number of carbonyl (C=O) groups excluding carboxylic acids is 1. The lowest BCUT2D eigenvalue weighted by Crippen LogP contribution is -2.09. The Morgan fingerprint density at radius 2 is 1.71 bits per heavy atom. The molecule has 0 aliphatic heterocycles. The Kier molecular flexibility index (Phi) is 5.28. The molecule has 0 bridgehead atoms. The van der Waals surface area contributed by atoms with Crippen molar-refractivity contribution in [3.05, 3.63) is 24.3 Å². The SMILES string of the molecule is CC1C/C=C\CC/C=C\CCCC1=O. The van der Waals surface area contributed by atoms with Crippen molar-refractivity contribution in [3.63, 3.8) is 0 Å². The van der Waals surface area contributed by atoms with E-state index >= 15 is 0 Å². The summed E-state index contributed by atoms with van der Waals surface area (Å²) in [5.41, 5.74) is 0. The van der Waals surface area contributed by atoms with Gasteiger partial charge in [-0.3, -0.25) is 4.79 Å². The van der Waals surface area contributed by atoms with E-state index in [1.807, 2.05) is 6.92 Å². The molecule has 78 valence electrons. The number of hydrogen-bond donors (Lipinski definition) is 0. The van der Waals surface area contributed by atoms with Gasteiger partial charge in [-0.15, -0.1) is 0 Å². The number of hydrogen-bond acceptors (Lipinski definition) is 1. The lowest BCUT2D eigenvalue weighted by atomic mass is 9.97. The maximum atomic E-state index is 11.6. The molecule has 1 aliphatic rings. The Hall–Kier alpha value is -0.850. The number of Topliss-reactive ketones (excluding diaryl/α,β-unsaturated/α-hetero) is 1. The summed E-state index contributed by atoms with van der Waals surface area (Å²) in [7, 11) is 0. The van der Waals surface area contributed by atoms with E-state index in [2.05, 4.69) is 24.3 Å². The van der Waals surface area contributed by atoms with Gasteiger partial charge in [-0.1, -0.05) is 31.2 Å². The fourth-order valence-corrected chi connectivity index (χ4v) is 1.62. The molecule has 1 rings (SSSR count). The van der Waals surface area contributed by atoms with Gasteiger partial charge in [0.05, 0.1) is 0 Å². The Labute approximate surface area is 86.9 Å². The molecule has 0 N–H and O–H groups in total. The fraction of sp³-hybridized carbons (Fsp3) is 0.615. The Morgan fingerprint density at radius 3 is 2.50 bits per heavy atom. The molecule has 0 radical (unpaired) electrons. The molecule has 0 aromatic heterocycles. The average Bonchev–Trinajstić information content (AvgIpc) is 2.18. The highest BCUT2D eigenvalue weighted by Gasteiger charge is 2.10. The minimum Gasteiger partial charge on any atom is -0.299 e. The molecule has 0 amide bonds. The van der Waals surface area contributed by atoms with Crippen molar-refractivity contribution in [1.29, 1.82) is 0 Å². The van der Waals surface area contributed by atoms with Gasteiger partial charge in [-0.25, -0.2) is 0 Å². The smallest absolute Gasteiger partial charge is 0.136 e. The average molecular weight is 192 g/mol. The normalized spacial score (nSPS) is 30.1. The maximum Gasteiger partial charge on any atom is 0.136 e. The first-order valence-electron chi connectivity index (χ1n) is 5.63. The number of rotatable bonds is 0. The van der Waals surface area contributed by atoms with Crippen LogP contribution in [0.25, 0.3) is 0 Å². The molecule has 1 heteroatoms. The number of ketones is 1. The van der Waals surface area contributed by atoms with E-state index in [-0.39, 0.29) is 5.92 Å². The van der Waals surface area contributed by atoms with E-state index < -0.39 is 0 Å². The third kappa shape index (κ3) is 4.40. The van der Waals surface area contributed by atoms with Crippen LogP contribution in [0.3, 0.4) is 0 Å². The summed E-state index contributed by atoms with van der Waals surface area (Å²) in [6.45, 7) is 2.04. The standard InChI is InChI=1S/C13H20O/c1-12-10-8-6-4-2-3-5-7-9-11-13(12)14/h3,5-6,8,12H,2,4,7,9-11H2,1H3/b5-3-,8-6-. The maximum absolute atomic E-state index is 11.6. The monoisotopic (exact) mass is 192 g/mol. The van der Waals surface area contributed by atoms with E-state index in [0.29, 0.717) is 5.78 Å². The van der Waals surface area contributed by atoms with Crippen LogP contribution in [-0.4, -0.2) is 5.78 Å². The van der Waals surface area contributed by atoms with Crippen LogP contribution in [0.5, 0.6) is 0 Å². The summed E-state index contributed by atoms with van der Waals surface area (Å²) >= 11 is 0. The van der Waals surface area contributed by atoms with Crippen LogP contribution in [0.15, 0.2) is 24.3 Å². The lowest BCUT2D eigenvalue weighted by molar-refractivity contribution is -0.122. The molecule has 14 heavy (non-hydrogen) atoms. The van der Waals surface area contributed by atoms with Crippen LogP contribution >= 0.6 is 0 Å². The summed E-state index contributed by atoms with van der Waals surface area (Å²) in [5.74, 6) is 0.637. The minimum absolute atomic E-state index is 0.217. The topological polar surface area (TPSA) is 17.1 Å². The van der Waals surface area contributed by atoms with Crippen LogP contribution in [0.4, 0.5) is 0 Å². The second-order valence-electron chi connectivity index (χ2n) is 4.02. The van der Waals surface area contributed by atoms with E-state index in [1.165, 1.54) is 0 Å². The predicted octanol–water partition coefficient (Wildman–Crippen LogP) is 3.66. The molecule has 0 aromatic carbocycles. The van der Waals surface area contributed by atoms with Gasteiger partial charge < -0.3 is 0 Å². The summed E-state index contributed by atoms with van der Waals surface area (Å²) in [5, 5.41) is 0. The molecule has 0 fully saturated rings. The molecule has 1 aliphatic carbocycles. The Balaban J connectivity index is 2.45. The zero-order valence-electron chi connectivity index (χ0n) is 9.04. The second-order valence-corrected chi connectivity index (χ2v) is 4.02. The van der Waals surface area contributed by atoms with Gasteiger partial charge in [0.25, 0.3) is 0 Å². The molecule has 1 nitrogen and oxygen atoms in total. The van der Waals surface area contributed by atoms with Crippen LogP contribution in [0.2, 0.25) is 0 Å². The third-order valence-electron chi connectivity index (χ3n) is 2.67. The van der Waals surface area contributed by atoms with E-state index in [0.717, 1.165) is 38.5 Å². The summed E-state index contributed by atoms with van der Waals surface area (Å²) < 4.78 is 0. The minimum atomic E-state index is 0.217. The zero-order chi connectivity index (χ0) is 10.2. The molecule has 0 saturated heterocycles. The van der Waals surface area contributed by atoms with Gasteiger partial charge in [0.15, 0.2) is 0 Å². The predicted molar refractivity (Wildman–Crippen MR) is 60.2 cm³/mol. The first kappa shape index (κ1) is 11.2. The van der Waals surface area contributed by atoms with Crippen molar-refractivity contribution in [2.24, 2.45) is 5.92 Å². The molecule has 0 saturated carbocycles. The zero-order valence-corrected chi connectivity index (χ0v) is 9.04. The van der Waals surface area contributed by atoms with Crippen LogP contribution in [0, 0.1) is 5.92 Å². The summed E-state index contributed by atoms with van der Waals surface area (Å²) in [6.07, 6.45) is 14.8. The first-order valence-corrected chi connectivity index (χ1v) is 5.63. The van der Waals surface area contributed by atoms with Crippen molar-refractivity contribution in [2.45, 2.75) is 45.4 Å². The van der Waals surface area contributed by atoms with Gasteiger partial charge in [-0.05, 0) is 32.1 Å². The highest BCUT2D eigenvalue weighted by Crippen LogP contribution is 2.11. The van der Waals surface area contributed by atoms with Crippen molar-refractivity contribution >= 4 is 5.78 Å². The molecule has 0 spiro atoms. The van der Waals surface area contributed by atoms with Gasteiger partial charge in [0.1, 0.15) is 5.78 Å². The lowest BCUT2D eigenvalue weighted by Gasteiger charge is -2.07. The van der Waals surface area contributed by atoms with Crippen LogP contribution in [-0.2, 0) is 4.79 Å². The first-order chi connectivity index (χ1) is 6.80. The number of carbonyl (C=O) groups is 1. The Bertz CT molecular complexity index is 225. The second kappa shape index (κ2) is 6.58. The summed E-state index contributed by atoms with van der Waals surface area (Å²) in [6, 6.07) is 0. The van der Waals surface area contributed by atoms with Crippen LogP contribution in [0.1, 0.15) is 45.4 Å². The van der Waals surface area contributed by atoms with E-state index in [1.54, 1.807) is 0 Å². The third-order valence-corrected chi connectivity index (χ3v) is 2.67. The van der Waals surface area contributed by atoms with Gasteiger partial charge in [-0.2, -0.15) is 0 Å². The highest BCUT2D eigenvalue weighted by molar-refractivity contribution is 5.80.